The molecule has 100 valence electrons. The van der Waals surface area contributed by atoms with Crippen LogP contribution in [0.2, 0.25) is 10.0 Å². The highest BCUT2D eigenvalue weighted by Crippen LogP contribution is 2.34. The van der Waals surface area contributed by atoms with Crippen LogP contribution in [0.3, 0.4) is 0 Å². The lowest BCUT2D eigenvalue weighted by Crippen LogP contribution is -2.04. The highest BCUT2D eigenvalue weighted by Gasteiger charge is 2.09. The summed E-state index contributed by atoms with van der Waals surface area (Å²) in [5.74, 6) is 0.369. The summed E-state index contributed by atoms with van der Waals surface area (Å²) in [5.41, 5.74) is 6.67. The second kappa shape index (κ2) is 5.78. The zero-order valence-electron chi connectivity index (χ0n) is 10.2. The van der Waals surface area contributed by atoms with Gasteiger partial charge in [0.25, 0.3) is 0 Å². The van der Waals surface area contributed by atoms with E-state index in [2.05, 4.69) is 0 Å². The molecule has 0 saturated heterocycles. The molecular formula is C14H12Cl2FNO. The lowest BCUT2D eigenvalue weighted by atomic mass is 10.1. The van der Waals surface area contributed by atoms with Gasteiger partial charge < -0.3 is 10.5 Å². The van der Waals surface area contributed by atoms with E-state index in [9.17, 15) is 4.39 Å². The van der Waals surface area contributed by atoms with Crippen molar-refractivity contribution in [3.05, 3.63) is 57.8 Å². The standard InChI is InChI=1S/C14H12Cl2FNO/c1-8(18)9-2-4-13(11(15)6-9)19-14-5-3-10(17)7-12(14)16/h2-8H,18H2,1H3. The fourth-order valence-corrected chi connectivity index (χ4v) is 1.99. The molecule has 0 aliphatic carbocycles. The lowest BCUT2D eigenvalue weighted by molar-refractivity contribution is 0.480. The molecule has 1 unspecified atom stereocenters. The van der Waals surface area contributed by atoms with Crippen molar-refractivity contribution >= 4 is 23.2 Å². The van der Waals surface area contributed by atoms with Crippen LogP contribution >= 0.6 is 23.2 Å². The van der Waals surface area contributed by atoms with E-state index in [-0.39, 0.29) is 11.1 Å². The van der Waals surface area contributed by atoms with Crippen LogP contribution in [0, 0.1) is 5.82 Å². The van der Waals surface area contributed by atoms with Gasteiger partial charge in [0.05, 0.1) is 10.0 Å². The first kappa shape index (κ1) is 14.1. The van der Waals surface area contributed by atoms with Crippen molar-refractivity contribution in [2.24, 2.45) is 5.73 Å². The Morgan fingerprint density at radius 3 is 2.16 bits per heavy atom. The van der Waals surface area contributed by atoms with Gasteiger partial charge in [0.1, 0.15) is 17.3 Å². The molecule has 0 saturated carbocycles. The van der Waals surface area contributed by atoms with Gasteiger partial charge in [-0.25, -0.2) is 4.39 Å². The minimum absolute atomic E-state index is 0.110. The zero-order chi connectivity index (χ0) is 14.0. The molecule has 2 aromatic rings. The SMILES string of the molecule is CC(N)c1ccc(Oc2ccc(F)cc2Cl)c(Cl)c1. The summed E-state index contributed by atoms with van der Waals surface area (Å²) >= 11 is 12.0. The Balaban J connectivity index is 2.28. The van der Waals surface area contributed by atoms with E-state index in [0.717, 1.165) is 5.56 Å². The van der Waals surface area contributed by atoms with Gasteiger partial charge in [-0.05, 0) is 42.8 Å². The molecule has 2 N–H and O–H groups in total. The Bertz CT molecular complexity index is 602. The molecular weight excluding hydrogens is 288 g/mol. The van der Waals surface area contributed by atoms with Gasteiger partial charge >= 0.3 is 0 Å². The van der Waals surface area contributed by atoms with Gasteiger partial charge in [-0.3, -0.25) is 0 Å². The average Bonchev–Trinajstić information content (AvgIpc) is 2.34. The molecule has 0 aliphatic rings. The predicted octanol–water partition coefficient (Wildman–Crippen LogP) is 4.94. The summed E-state index contributed by atoms with van der Waals surface area (Å²) < 4.78 is 18.5. The summed E-state index contributed by atoms with van der Waals surface area (Å²) in [7, 11) is 0. The molecule has 0 radical (unpaired) electrons. The second-order valence-corrected chi connectivity index (χ2v) is 4.97. The molecule has 0 bridgehead atoms. The predicted molar refractivity (Wildman–Crippen MR) is 75.5 cm³/mol. The van der Waals surface area contributed by atoms with Crippen LogP contribution in [0.25, 0.3) is 0 Å². The van der Waals surface area contributed by atoms with E-state index in [4.69, 9.17) is 33.7 Å². The van der Waals surface area contributed by atoms with Crippen molar-refractivity contribution in [2.45, 2.75) is 13.0 Å². The van der Waals surface area contributed by atoms with Gasteiger partial charge in [0, 0.05) is 6.04 Å². The zero-order valence-corrected chi connectivity index (χ0v) is 11.7. The topological polar surface area (TPSA) is 35.2 Å². The number of hydrogen-bond acceptors (Lipinski definition) is 2. The number of hydrogen-bond donors (Lipinski definition) is 1. The molecule has 0 aromatic heterocycles. The molecule has 1 atom stereocenters. The minimum Gasteiger partial charge on any atom is -0.454 e. The Kier molecular flexibility index (Phi) is 4.30. The van der Waals surface area contributed by atoms with Gasteiger partial charge in [-0.2, -0.15) is 0 Å². The van der Waals surface area contributed by atoms with Crippen LogP contribution in [-0.2, 0) is 0 Å². The van der Waals surface area contributed by atoms with E-state index in [1.165, 1.54) is 18.2 Å². The second-order valence-electron chi connectivity index (χ2n) is 4.16. The molecule has 2 nitrogen and oxygen atoms in total. The minimum atomic E-state index is -0.421. The number of benzene rings is 2. The molecule has 0 amide bonds. The summed E-state index contributed by atoms with van der Waals surface area (Å²) in [6.07, 6.45) is 0. The van der Waals surface area contributed by atoms with Crippen molar-refractivity contribution in [1.82, 2.24) is 0 Å². The van der Waals surface area contributed by atoms with Gasteiger partial charge in [-0.1, -0.05) is 29.3 Å². The van der Waals surface area contributed by atoms with Gasteiger partial charge in [-0.15, -0.1) is 0 Å². The van der Waals surface area contributed by atoms with Crippen LogP contribution < -0.4 is 10.5 Å². The molecule has 0 heterocycles. The highest BCUT2D eigenvalue weighted by molar-refractivity contribution is 6.32. The fraction of sp³-hybridized carbons (Fsp3) is 0.143. The number of halogens is 3. The summed E-state index contributed by atoms with van der Waals surface area (Å²) in [4.78, 5) is 0. The molecule has 0 aliphatic heterocycles. The van der Waals surface area contributed by atoms with Crippen molar-refractivity contribution in [1.29, 1.82) is 0 Å². The molecule has 5 heteroatoms. The summed E-state index contributed by atoms with van der Waals surface area (Å²) in [6, 6.07) is 9.06. The van der Waals surface area contributed by atoms with Gasteiger partial charge in [0.15, 0.2) is 0 Å². The summed E-state index contributed by atoms with van der Waals surface area (Å²) in [5, 5.41) is 0.613. The number of nitrogens with two attached hydrogens (primary N) is 1. The van der Waals surface area contributed by atoms with Crippen molar-refractivity contribution in [3.63, 3.8) is 0 Å². The quantitative estimate of drug-likeness (QED) is 0.871. The first-order chi connectivity index (χ1) is 8.97. The van der Waals surface area contributed by atoms with E-state index < -0.39 is 5.82 Å². The van der Waals surface area contributed by atoms with E-state index in [1.54, 1.807) is 12.1 Å². The first-order valence-electron chi connectivity index (χ1n) is 5.65. The maximum Gasteiger partial charge on any atom is 0.146 e. The maximum atomic E-state index is 12.9. The molecule has 19 heavy (non-hydrogen) atoms. The largest absolute Gasteiger partial charge is 0.454 e. The van der Waals surface area contributed by atoms with Crippen molar-refractivity contribution in [3.8, 4) is 11.5 Å². The Morgan fingerprint density at radius 2 is 1.63 bits per heavy atom. The van der Waals surface area contributed by atoms with Crippen LogP contribution in [0.4, 0.5) is 4.39 Å². The Labute approximate surface area is 120 Å². The smallest absolute Gasteiger partial charge is 0.146 e. The van der Waals surface area contributed by atoms with E-state index >= 15 is 0 Å². The molecule has 2 rings (SSSR count). The highest BCUT2D eigenvalue weighted by atomic mass is 35.5. The normalized spacial score (nSPS) is 12.3. The van der Waals surface area contributed by atoms with Crippen LogP contribution in [0.15, 0.2) is 36.4 Å². The van der Waals surface area contributed by atoms with E-state index in [1.807, 2.05) is 13.0 Å². The van der Waals surface area contributed by atoms with Crippen LogP contribution in [-0.4, -0.2) is 0 Å². The third-order valence-corrected chi connectivity index (χ3v) is 3.19. The molecule has 0 spiro atoms. The van der Waals surface area contributed by atoms with Crippen molar-refractivity contribution in [2.75, 3.05) is 0 Å². The number of ether oxygens (including phenoxy) is 1. The molecule has 2 aromatic carbocycles. The first-order valence-corrected chi connectivity index (χ1v) is 6.41. The fourth-order valence-electron chi connectivity index (χ4n) is 1.56. The average molecular weight is 300 g/mol. The Morgan fingerprint density at radius 1 is 1.05 bits per heavy atom. The summed E-state index contributed by atoms with van der Waals surface area (Å²) in [6.45, 7) is 1.86. The lowest BCUT2D eigenvalue weighted by Gasteiger charge is -2.11. The third-order valence-electron chi connectivity index (χ3n) is 2.60. The molecule has 0 fully saturated rings. The van der Waals surface area contributed by atoms with Crippen LogP contribution in [0.1, 0.15) is 18.5 Å². The monoisotopic (exact) mass is 299 g/mol. The van der Waals surface area contributed by atoms with Crippen molar-refractivity contribution < 1.29 is 9.13 Å². The third kappa shape index (κ3) is 3.38. The van der Waals surface area contributed by atoms with E-state index in [0.29, 0.717) is 16.5 Å². The number of rotatable bonds is 3. The maximum absolute atomic E-state index is 12.9. The van der Waals surface area contributed by atoms with Gasteiger partial charge in [0.2, 0.25) is 0 Å². The Hall–Kier alpha value is -1.29. The van der Waals surface area contributed by atoms with Crippen LogP contribution in [0.5, 0.6) is 11.5 Å².